The highest BCUT2D eigenvalue weighted by atomic mass is 16.6. The van der Waals surface area contributed by atoms with Gasteiger partial charge < -0.3 is 15.2 Å². The van der Waals surface area contributed by atoms with Crippen LogP contribution in [0.3, 0.4) is 0 Å². The van der Waals surface area contributed by atoms with Crippen LogP contribution in [0.15, 0.2) is 0 Å². The first-order chi connectivity index (χ1) is 10.2. The van der Waals surface area contributed by atoms with E-state index in [1.54, 1.807) is 0 Å². The standard InChI is InChI=1S/C19H39NO3/c1-14(2)19(9,13-17(4,5)6)16(21)23-18(7,8)10-11-22-12-15(3)20/h14-15H,10-13,20H2,1-9H3. The Hall–Kier alpha value is -0.610. The Bertz CT molecular complexity index is 369. The monoisotopic (exact) mass is 329 g/mol. The number of carbonyl (C=O) groups excluding carboxylic acids is 1. The molecule has 4 heteroatoms. The summed E-state index contributed by atoms with van der Waals surface area (Å²) < 4.78 is 11.4. The fourth-order valence-electron chi connectivity index (χ4n) is 2.62. The van der Waals surface area contributed by atoms with Crippen molar-refractivity contribution in [1.29, 1.82) is 0 Å². The molecule has 0 fully saturated rings. The molecule has 23 heavy (non-hydrogen) atoms. The van der Waals surface area contributed by atoms with Crippen LogP contribution in [0.4, 0.5) is 0 Å². The first-order valence-corrected chi connectivity index (χ1v) is 8.76. The zero-order valence-electron chi connectivity index (χ0n) is 16.8. The van der Waals surface area contributed by atoms with E-state index in [0.717, 1.165) is 6.42 Å². The molecule has 0 aromatic carbocycles. The molecule has 2 atom stereocenters. The van der Waals surface area contributed by atoms with Crippen LogP contribution < -0.4 is 5.73 Å². The smallest absolute Gasteiger partial charge is 0.312 e. The van der Waals surface area contributed by atoms with Crippen molar-refractivity contribution in [2.24, 2.45) is 22.5 Å². The fraction of sp³-hybridized carbons (Fsp3) is 0.947. The van der Waals surface area contributed by atoms with Gasteiger partial charge in [0.05, 0.1) is 18.6 Å². The lowest BCUT2D eigenvalue weighted by molar-refractivity contribution is -0.175. The summed E-state index contributed by atoms with van der Waals surface area (Å²) in [5, 5.41) is 0. The number of hydrogen-bond acceptors (Lipinski definition) is 4. The summed E-state index contributed by atoms with van der Waals surface area (Å²) in [5.41, 5.74) is 4.71. The molecule has 0 spiro atoms. The summed E-state index contributed by atoms with van der Waals surface area (Å²) in [4.78, 5) is 12.9. The lowest BCUT2D eigenvalue weighted by atomic mass is 9.68. The summed E-state index contributed by atoms with van der Waals surface area (Å²) in [6.07, 6.45) is 1.46. The number of esters is 1. The summed E-state index contributed by atoms with van der Waals surface area (Å²) in [6, 6.07) is 0.0247. The lowest BCUT2D eigenvalue weighted by Crippen LogP contribution is -2.43. The second kappa shape index (κ2) is 8.48. The second-order valence-electron chi connectivity index (χ2n) is 9.26. The minimum atomic E-state index is -0.539. The third kappa shape index (κ3) is 8.71. The number of hydrogen-bond donors (Lipinski definition) is 1. The van der Waals surface area contributed by atoms with Crippen molar-refractivity contribution in [3.05, 3.63) is 0 Å². The maximum Gasteiger partial charge on any atom is 0.312 e. The molecule has 4 nitrogen and oxygen atoms in total. The highest BCUT2D eigenvalue weighted by molar-refractivity contribution is 5.77. The minimum absolute atomic E-state index is 0.0247. The molecule has 0 saturated heterocycles. The number of rotatable bonds is 9. The average Bonchev–Trinajstić information content (AvgIpc) is 2.31. The average molecular weight is 330 g/mol. The van der Waals surface area contributed by atoms with E-state index in [4.69, 9.17) is 15.2 Å². The van der Waals surface area contributed by atoms with Crippen LogP contribution in [-0.2, 0) is 14.3 Å². The van der Waals surface area contributed by atoms with Gasteiger partial charge in [0.25, 0.3) is 0 Å². The molecule has 2 unspecified atom stereocenters. The summed E-state index contributed by atoms with van der Waals surface area (Å²) in [7, 11) is 0. The van der Waals surface area contributed by atoms with Gasteiger partial charge >= 0.3 is 5.97 Å². The van der Waals surface area contributed by atoms with Gasteiger partial charge in [-0.05, 0) is 45.4 Å². The van der Waals surface area contributed by atoms with E-state index in [2.05, 4.69) is 34.6 Å². The molecule has 2 N–H and O–H groups in total. The largest absolute Gasteiger partial charge is 0.459 e. The zero-order valence-corrected chi connectivity index (χ0v) is 16.8. The van der Waals surface area contributed by atoms with E-state index in [1.807, 2.05) is 27.7 Å². The van der Waals surface area contributed by atoms with Crippen LogP contribution in [0, 0.1) is 16.7 Å². The Labute approximate surface area is 143 Å². The number of nitrogens with two attached hydrogens (primary N) is 1. The molecule has 0 rings (SSSR count). The number of carbonyl (C=O) groups is 1. The summed E-state index contributed by atoms with van der Waals surface area (Å²) >= 11 is 0. The summed E-state index contributed by atoms with van der Waals surface area (Å²) in [5.74, 6) is 0.110. The normalized spacial score (nSPS) is 17.0. The Morgan fingerprint density at radius 3 is 1.96 bits per heavy atom. The van der Waals surface area contributed by atoms with Crippen LogP contribution in [0.1, 0.15) is 75.2 Å². The maximum absolute atomic E-state index is 12.9. The number of ether oxygens (including phenoxy) is 2. The van der Waals surface area contributed by atoms with E-state index >= 15 is 0 Å². The third-order valence-corrected chi connectivity index (χ3v) is 4.24. The van der Waals surface area contributed by atoms with Crippen molar-refractivity contribution in [3.8, 4) is 0 Å². The molecule has 0 aromatic rings. The first kappa shape index (κ1) is 22.4. The fourth-order valence-corrected chi connectivity index (χ4v) is 2.62. The van der Waals surface area contributed by atoms with Crippen LogP contribution in [-0.4, -0.2) is 30.8 Å². The quantitative estimate of drug-likeness (QED) is 0.509. The van der Waals surface area contributed by atoms with Gasteiger partial charge in [-0.2, -0.15) is 0 Å². The van der Waals surface area contributed by atoms with Crippen LogP contribution >= 0.6 is 0 Å². The van der Waals surface area contributed by atoms with Gasteiger partial charge in [0.1, 0.15) is 5.60 Å². The Morgan fingerprint density at radius 2 is 1.57 bits per heavy atom. The van der Waals surface area contributed by atoms with Crippen molar-refractivity contribution < 1.29 is 14.3 Å². The van der Waals surface area contributed by atoms with Crippen molar-refractivity contribution in [2.75, 3.05) is 13.2 Å². The van der Waals surface area contributed by atoms with E-state index in [-0.39, 0.29) is 23.3 Å². The molecule has 0 heterocycles. The van der Waals surface area contributed by atoms with E-state index in [9.17, 15) is 4.79 Å². The Kier molecular flexibility index (Phi) is 8.25. The predicted molar refractivity (Wildman–Crippen MR) is 96.3 cm³/mol. The van der Waals surface area contributed by atoms with Crippen LogP contribution in [0.2, 0.25) is 0 Å². The van der Waals surface area contributed by atoms with Gasteiger partial charge in [-0.1, -0.05) is 34.6 Å². The van der Waals surface area contributed by atoms with Gasteiger partial charge in [0.2, 0.25) is 0 Å². The topological polar surface area (TPSA) is 61.6 Å². The zero-order chi connectivity index (χ0) is 18.5. The molecule has 0 bridgehead atoms. The Morgan fingerprint density at radius 1 is 1.04 bits per heavy atom. The molecular formula is C19H39NO3. The molecule has 138 valence electrons. The van der Waals surface area contributed by atoms with Crippen molar-refractivity contribution in [3.63, 3.8) is 0 Å². The molecule has 0 amide bonds. The summed E-state index contributed by atoms with van der Waals surface area (Å²) in [6.45, 7) is 19.5. The van der Waals surface area contributed by atoms with Crippen molar-refractivity contribution in [1.82, 2.24) is 0 Å². The van der Waals surface area contributed by atoms with Gasteiger partial charge in [-0.3, -0.25) is 4.79 Å². The molecule has 0 aliphatic heterocycles. The highest BCUT2D eigenvalue weighted by Gasteiger charge is 2.43. The predicted octanol–water partition coefficient (Wildman–Crippen LogP) is 4.16. The van der Waals surface area contributed by atoms with E-state index < -0.39 is 11.0 Å². The van der Waals surface area contributed by atoms with Crippen LogP contribution in [0.25, 0.3) is 0 Å². The molecule has 0 aliphatic carbocycles. The molecule has 0 aromatic heterocycles. The van der Waals surface area contributed by atoms with E-state index in [0.29, 0.717) is 19.6 Å². The second-order valence-corrected chi connectivity index (χ2v) is 9.26. The minimum Gasteiger partial charge on any atom is -0.459 e. The highest BCUT2D eigenvalue weighted by Crippen LogP contribution is 2.41. The maximum atomic E-state index is 12.9. The molecule has 0 aliphatic rings. The SMILES string of the molecule is CC(N)COCCC(C)(C)OC(=O)C(C)(CC(C)(C)C)C(C)C. The molecule has 0 saturated carbocycles. The first-order valence-electron chi connectivity index (χ1n) is 8.76. The third-order valence-electron chi connectivity index (χ3n) is 4.24. The van der Waals surface area contributed by atoms with Gasteiger partial charge in [-0.15, -0.1) is 0 Å². The van der Waals surface area contributed by atoms with Gasteiger partial charge in [0, 0.05) is 12.5 Å². The van der Waals surface area contributed by atoms with Gasteiger partial charge in [0.15, 0.2) is 0 Å². The lowest BCUT2D eigenvalue weighted by Gasteiger charge is -2.39. The van der Waals surface area contributed by atoms with E-state index in [1.165, 1.54) is 0 Å². The Balaban J connectivity index is 4.77. The molecular weight excluding hydrogens is 290 g/mol. The van der Waals surface area contributed by atoms with Crippen molar-refractivity contribution in [2.45, 2.75) is 86.8 Å². The van der Waals surface area contributed by atoms with Crippen molar-refractivity contribution >= 4 is 5.97 Å². The van der Waals surface area contributed by atoms with Gasteiger partial charge in [-0.25, -0.2) is 0 Å². The molecule has 0 radical (unpaired) electrons. The van der Waals surface area contributed by atoms with Crippen LogP contribution in [0.5, 0.6) is 0 Å².